The summed E-state index contributed by atoms with van der Waals surface area (Å²) in [6, 6.07) is 18.9. The molecule has 5 rings (SSSR count). The molecule has 6 heteroatoms. The van der Waals surface area contributed by atoms with Gasteiger partial charge in [-0.05, 0) is 116 Å². The van der Waals surface area contributed by atoms with Crippen LogP contribution in [0.2, 0.25) is 0 Å². The van der Waals surface area contributed by atoms with Crippen LogP contribution >= 0.6 is 0 Å². The van der Waals surface area contributed by atoms with Gasteiger partial charge in [-0.3, -0.25) is 0 Å². The maximum atomic E-state index is 11.4. The summed E-state index contributed by atoms with van der Waals surface area (Å²) < 4.78 is 35.1. The van der Waals surface area contributed by atoms with Gasteiger partial charge >= 0.3 is 0 Å². The van der Waals surface area contributed by atoms with Crippen molar-refractivity contribution in [2.75, 3.05) is 18.6 Å². The fourth-order valence-corrected chi connectivity index (χ4v) is 6.12. The topological polar surface area (TPSA) is 76.4 Å². The Morgan fingerprint density at radius 1 is 0.946 bits per heavy atom. The van der Waals surface area contributed by atoms with E-state index in [0.29, 0.717) is 24.3 Å². The van der Waals surface area contributed by atoms with Crippen LogP contribution in [0.4, 0.5) is 0 Å². The Kier molecular flexibility index (Phi) is 7.00. The van der Waals surface area contributed by atoms with Gasteiger partial charge in [-0.15, -0.1) is 0 Å². The Morgan fingerprint density at radius 3 is 2.27 bits per heavy atom. The van der Waals surface area contributed by atoms with Crippen molar-refractivity contribution < 1.29 is 17.9 Å². The van der Waals surface area contributed by atoms with Gasteiger partial charge in [0, 0.05) is 11.8 Å². The molecular weight excluding hydrogens is 482 g/mol. The lowest BCUT2D eigenvalue weighted by atomic mass is 9.87. The van der Waals surface area contributed by atoms with Crippen molar-refractivity contribution in [1.29, 1.82) is 5.26 Å². The largest absolute Gasteiger partial charge is 0.494 e. The number of aryl methyl sites for hydroxylation is 2. The van der Waals surface area contributed by atoms with Crippen molar-refractivity contribution in [1.82, 2.24) is 0 Å². The van der Waals surface area contributed by atoms with Crippen LogP contribution in [0.5, 0.6) is 11.5 Å². The molecule has 0 bridgehead atoms. The van der Waals surface area contributed by atoms with E-state index >= 15 is 0 Å². The Balaban J connectivity index is 1.40. The van der Waals surface area contributed by atoms with Crippen LogP contribution in [0, 0.1) is 25.2 Å². The minimum absolute atomic E-state index is 0.0358. The molecule has 0 heterocycles. The molecule has 1 atom stereocenters. The Morgan fingerprint density at radius 2 is 1.65 bits per heavy atom. The highest BCUT2D eigenvalue weighted by Crippen LogP contribution is 2.45. The summed E-state index contributed by atoms with van der Waals surface area (Å²) in [5.74, 6) is 2.44. The normalized spacial score (nSPS) is 16.8. The minimum atomic E-state index is -3.00. The third-order valence-corrected chi connectivity index (χ3v) is 8.39. The fraction of sp³-hybridized carbons (Fsp3) is 0.387. The minimum Gasteiger partial charge on any atom is -0.494 e. The van der Waals surface area contributed by atoms with E-state index in [1.54, 1.807) is 0 Å². The molecule has 0 amide bonds. The Labute approximate surface area is 220 Å². The molecule has 0 N–H and O–H groups in total. The van der Waals surface area contributed by atoms with Crippen LogP contribution in [0.3, 0.4) is 0 Å². The molecule has 3 aromatic carbocycles. The molecular formula is C31H33NO4S. The van der Waals surface area contributed by atoms with E-state index in [1.807, 2.05) is 32.0 Å². The molecule has 0 aliphatic heterocycles. The number of nitrogens with zero attached hydrogens (tertiary/aromatic N) is 1. The van der Waals surface area contributed by atoms with E-state index in [4.69, 9.17) is 9.47 Å². The maximum Gasteiger partial charge on any atom is 0.147 e. The van der Waals surface area contributed by atoms with Crippen molar-refractivity contribution in [2.24, 2.45) is 0 Å². The quantitative estimate of drug-likeness (QED) is 0.300. The van der Waals surface area contributed by atoms with Crippen LogP contribution in [0.15, 0.2) is 48.5 Å². The second kappa shape index (κ2) is 10.2. The third kappa shape index (κ3) is 5.67. The summed E-state index contributed by atoms with van der Waals surface area (Å²) in [7, 11) is -3.00. The summed E-state index contributed by atoms with van der Waals surface area (Å²) in [6.45, 7) is 4.42. The van der Waals surface area contributed by atoms with E-state index in [-0.39, 0.29) is 11.9 Å². The Hall–Kier alpha value is -3.30. The first-order valence-electron chi connectivity index (χ1n) is 13.0. The monoisotopic (exact) mass is 515 g/mol. The van der Waals surface area contributed by atoms with Gasteiger partial charge in [0.2, 0.25) is 0 Å². The number of hydrogen-bond acceptors (Lipinski definition) is 5. The number of benzene rings is 3. The van der Waals surface area contributed by atoms with Crippen LogP contribution in [0.25, 0.3) is 11.1 Å². The van der Waals surface area contributed by atoms with E-state index in [9.17, 15) is 13.7 Å². The highest BCUT2D eigenvalue weighted by Gasteiger charge is 2.30. The predicted molar refractivity (Wildman–Crippen MR) is 146 cm³/mol. The number of nitriles is 1. The standard InChI is InChI=1S/C31H33NO4S/c1-20-17-26(35-15-4-16-37(3,33)34)18-21(2)30(20)31-24(19-32)9-12-27-28(31)13-14-29(27)36-25-10-7-23(8-11-25)22-5-6-22/h7-12,17-18,22,29H,4-6,13-16H2,1-3H3. The molecule has 1 unspecified atom stereocenters. The van der Waals surface area contributed by atoms with Crippen molar-refractivity contribution in [3.63, 3.8) is 0 Å². The number of fused-ring (bicyclic) bond motifs is 1. The molecule has 5 nitrogen and oxygen atoms in total. The summed E-state index contributed by atoms with van der Waals surface area (Å²) in [6.07, 6.45) is 5.96. The van der Waals surface area contributed by atoms with Crippen molar-refractivity contribution in [2.45, 2.75) is 58.0 Å². The molecule has 0 spiro atoms. The Bertz CT molecular complexity index is 1440. The summed E-state index contributed by atoms with van der Waals surface area (Å²) in [5.41, 5.74) is 8.52. The average molecular weight is 516 g/mol. The molecule has 37 heavy (non-hydrogen) atoms. The van der Waals surface area contributed by atoms with Crippen LogP contribution < -0.4 is 9.47 Å². The third-order valence-electron chi connectivity index (χ3n) is 7.36. The van der Waals surface area contributed by atoms with E-state index in [1.165, 1.54) is 30.2 Å². The number of rotatable bonds is 9. The molecule has 2 aliphatic carbocycles. The van der Waals surface area contributed by atoms with Gasteiger partial charge < -0.3 is 9.47 Å². The summed E-state index contributed by atoms with van der Waals surface area (Å²) in [5, 5.41) is 9.98. The van der Waals surface area contributed by atoms with Crippen LogP contribution in [0.1, 0.15) is 71.1 Å². The zero-order chi connectivity index (χ0) is 26.2. The zero-order valence-electron chi connectivity index (χ0n) is 21.7. The number of hydrogen-bond donors (Lipinski definition) is 0. The number of sulfone groups is 1. The first kappa shape index (κ1) is 25.4. The highest BCUT2D eigenvalue weighted by molar-refractivity contribution is 7.90. The smallest absolute Gasteiger partial charge is 0.147 e. The first-order valence-corrected chi connectivity index (χ1v) is 15.0. The van der Waals surface area contributed by atoms with Gasteiger partial charge in [0.15, 0.2) is 0 Å². The second-order valence-corrected chi connectivity index (χ2v) is 12.7. The molecule has 1 saturated carbocycles. The number of ether oxygens (including phenoxy) is 2. The fourth-order valence-electron chi connectivity index (χ4n) is 5.48. The van der Waals surface area contributed by atoms with Gasteiger partial charge in [-0.2, -0.15) is 5.26 Å². The SMILES string of the molecule is Cc1cc(OCCCS(C)(=O)=O)cc(C)c1-c1c(C#N)ccc2c1CCC2Oc1ccc(C2CC2)cc1. The van der Waals surface area contributed by atoms with Gasteiger partial charge in [0.05, 0.1) is 24.0 Å². The van der Waals surface area contributed by atoms with E-state index in [0.717, 1.165) is 52.3 Å². The molecule has 192 valence electrons. The second-order valence-electron chi connectivity index (χ2n) is 10.4. The van der Waals surface area contributed by atoms with E-state index < -0.39 is 9.84 Å². The zero-order valence-corrected chi connectivity index (χ0v) is 22.5. The lowest BCUT2D eigenvalue weighted by molar-refractivity contribution is 0.207. The van der Waals surface area contributed by atoms with Crippen LogP contribution in [-0.4, -0.2) is 27.0 Å². The molecule has 0 radical (unpaired) electrons. The maximum absolute atomic E-state index is 11.4. The van der Waals surface area contributed by atoms with Gasteiger partial charge in [-0.1, -0.05) is 18.2 Å². The average Bonchev–Trinajstić information content (AvgIpc) is 3.62. The molecule has 1 fully saturated rings. The molecule has 0 saturated heterocycles. The van der Waals surface area contributed by atoms with Crippen molar-refractivity contribution in [3.8, 4) is 28.7 Å². The lowest BCUT2D eigenvalue weighted by Gasteiger charge is -2.19. The van der Waals surface area contributed by atoms with Gasteiger partial charge in [0.1, 0.15) is 27.4 Å². The molecule has 3 aromatic rings. The lowest BCUT2D eigenvalue weighted by Crippen LogP contribution is -2.08. The van der Waals surface area contributed by atoms with Crippen molar-refractivity contribution >= 4 is 9.84 Å². The van der Waals surface area contributed by atoms with Gasteiger partial charge in [0.25, 0.3) is 0 Å². The van der Waals surface area contributed by atoms with E-state index in [2.05, 4.69) is 36.4 Å². The van der Waals surface area contributed by atoms with Crippen LogP contribution in [-0.2, 0) is 16.3 Å². The van der Waals surface area contributed by atoms with Crippen molar-refractivity contribution in [3.05, 3.63) is 81.9 Å². The highest BCUT2D eigenvalue weighted by atomic mass is 32.2. The predicted octanol–water partition coefficient (Wildman–Crippen LogP) is 6.60. The van der Waals surface area contributed by atoms with Gasteiger partial charge in [-0.25, -0.2) is 8.42 Å². The molecule has 2 aliphatic rings. The summed E-state index contributed by atoms with van der Waals surface area (Å²) in [4.78, 5) is 0. The summed E-state index contributed by atoms with van der Waals surface area (Å²) >= 11 is 0. The molecule has 0 aromatic heterocycles. The first-order chi connectivity index (χ1) is 17.7.